The summed E-state index contributed by atoms with van der Waals surface area (Å²) < 4.78 is 0. The molecule has 0 fully saturated rings. The van der Waals surface area contributed by atoms with Crippen LogP contribution in [0, 0.1) is 0 Å². The summed E-state index contributed by atoms with van der Waals surface area (Å²) in [5, 5.41) is 9.50. The standard InChI is InChI=1S/C4H8O2.C2H5N3O2/c1-2-3-4(5)6;3-1(6)5-2(4)7/h2-3H2,1H3,(H,5,6);(H5,3,4,5,6,7). The van der Waals surface area contributed by atoms with Gasteiger partial charge in [-0.05, 0) is 6.42 Å². The van der Waals surface area contributed by atoms with E-state index in [-0.39, 0.29) is 0 Å². The molecule has 13 heavy (non-hydrogen) atoms. The van der Waals surface area contributed by atoms with E-state index in [2.05, 4.69) is 11.5 Å². The summed E-state index contributed by atoms with van der Waals surface area (Å²) in [5.41, 5.74) is 8.88. The zero-order valence-corrected chi connectivity index (χ0v) is 7.24. The third-order valence-electron chi connectivity index (χ3n) is 0.710. The molecule has 7 nitrogen and oxygen atoms in total. The molecule has 0 saturated heterocycles. The van der Waals surface area contributed by atoms with E-state index in [0.717, 1.165) is 6.42 Å². The molecule has 7 heteroatoms. The third kappa shape index (κ3) is 25.4. The molecule has 6 N–H and O–H groups in total. The van der Waals surface area contributed by atoms with Gasteiger partial charge < -0.3 is 16.6 Å². The number of nitrogens with one attached hydrogen (secondary N) is 1. The first kappa shape index (κ1) is 13.8. The number of primary amides is 2. The Labute approximate surface area is 75.1 Å². The zero-order valence-electron chi connectivity index (χ0n) is 7.24. The van der Waals surface area contributed by atoms with Crippen LogP contribution >= 0.6 is 0 Å². The minimum atomic E-state index is -0.938. The second kappa shape index (κ2) is 8.31. The van der Waals surface area contributed by atoms with Crippen LogP contribution in [0.3, 0.4) is 0 Å². The van der Waals surface area contributed by atoms with Crippen LogP contribution in [0.15, 0.2) is 0 Å². The van der Waals surface area contributed by atoms with Crippen LogP contribution in [-0.4, -0.2) is 23.1 Å². The van der Waals surface area contributed by atoms with Gasteiger partial charge in [0.05, 0.1) is 0 Å². The van der Waals surface area contributed by atoms with Crippen LogP contribution in [0.4, 0.5) is 9.59 Å². The Morgan fingerprint density at radius 3 is 1.62 bits per heavy atom. The number of hydrogen-bond acceptors (Lipinski definition) is 3. The molecule has 76 valence electrons. The van der Waals surface area contributed by atoms with Crippen LogP contribution in [0.1, 0.15) is 19.8 Å². The number of carbonyl (C=O) groups is 3. The zero-order chi connectivity index (χ0) is 10.9. The number of urea groups is 2. The minimum Gasteiger partial charge on any atom is -0.481 e. The molecule has 0 aliphatic rings. The molecule has 0 aromatic rings. The number of amides is 4. The van der Waals surface area contributed by atoms with Crippen molar-refractivity contribution in [1.82, 2.24) is 5.32 Å². The highest BCUT2D eigenvalue weighted by atomic mass is 16.4. The van der Waals surface area contributed by atoms with Crippen LogP contribution in [0.5, 0.6) is 0 Å². The summed E-state index contributed by atoms with van der Waals surface area (Å²) in [7, 11) is 0. The number of carboxylic acid groups (broad SMARTS) is 1. The van der Waals surface area contributed by atoms with Crippen molar-refractivity contribution in [3.8, 4) is 0 Å². The van der Waals surface area contributed by atoms with Crippen molar-refractivity contribution in [2.24, 2.45) is 11.5 Å². The third-order valence-corrected chi connectivity index (χ3v) is 0.710. The van der Waals surface area contributed by atoms with Crippen molar-refractivity contribution in [3.63, 3.8) is 0 Å². The molecule has 0 heterocycles. The van der Waals surface area contributed by atoms with Gasteiger partial charge in [0.15, 0.2) is 0 Å². The fourth-order valence-corrected chi connectivity index (χ4v) is 0.335. The Morgan fingerprint density at radius 1 is 1.23 bits per heavy atom. The van der Waals surface area contributed by atoms with E-state index in [4.69, 9.17) is 5.11 Å². The lowest BCUT2D eigenvalue weighted by molar-refractivity contribution is -0.137. The van der Waals surface area contributed by atoms with Gasteiger partial charge >= 0.3 is 18.0 Å². The van der Waals surface area contributed by atoms with Gasteiger partial charge in [-0.15, -0.1) is 0 Å². The summed E-state index contributed by atoms with van der Waals surface area (Å²) in [6.45, 7) is 1.84. The lowest BCUT2D eigenvalue weighted by Gasteiger charge is -1.88. The molecular formula is C6H13N3O4. The Hall–Kier alpha value is -1.79. The van der Waals surface area contributed by atoms with Gasteiger partial charge in [0.25, 0.3) is 0 Å². The predicted molar refractivity (Wildman–Crippen MR) is 44.8 cm³/mol. The number of nitrogens with two attached hydrogens (primary N) is 2. The largest absolute Gasteiger partial charge is 0.481 e. The molecular weight excluding hydrogens is 178 g/mol. The molecule has 0 rings (SSSR count). The minimum absolute atomic E-state index is 0.292. The lowest BCUT2D eigenvalue weighted by Crippen LogP contribution is -2.38. The second-order valence-electron chi connectivity index (χ2n) is 2.00. The van der Waals surface area contributed by atoms with E-state index >= 15 is 0 Å². The van der Waals surface area contributed by atoms with E-state index in [0.29, 0.717) is 6.42 Å². The molecule has 4 amide bonds. The molecule has 0 saturated carbocycles. The maximum absolute atomic E-state index is 9.62. The first-order valence-electron chi connectivity index (χ1n) is 3.47. The van der Waals surface area contributed by atoms with Crippen molar-refractivity contribution >= 4 is 18.0 Å². The predicted octanol–water partition coefficient (Wildman–Crippen LogP) is -0.395. The number of aliphatic carboxylic acids is 1. The summed E-state index contributed by atoms with van der Waals surface area (Å²) >= 11 is 0. The average Bonchev–Trinajstić information content (AvgIpc) is 1.83. The van der Waals surface area contributed by atoms with Gasteiger partial charge in [0.2, 0.25) is 0 Å². The van der Waals surface area contributed by atoms with Crippen LogP contribution in [0.2, 0.25) is 0 Å². The SMILES string of the molecule is CCCC(=O)O.NC(=O)NC(N)=O. The van der Waals surface area contributed by atoms with Gasteiger partial charge in [-0.2, -0.15) is 0 Å². The molecule has 0 aliphatic heterocycles. The Balaban J connectivity index is 0. The quantitative estimate of drug-likeness (QED) is 0.472. The first-order valence-corrected chi connectivity index (χ1v) is 3.47. The average molecular weight is 191 g/mol. The smallest absolute Gasteiger partial charge is 0.320 e. The van der Waals surface area contributed by atoms with E-state index in [9.17, 15) is 14.4 Å². The Morgan fingerprint density at radius 2 is 1.62 bits per heavy atom. The van der Waals surface area contributed by atoms with E-state index in [1.807, 2.05) is 6.92 Å². The van der Waals surface area contributed by atoms with Crippen molar-refractivity contribution in [2.45, 2.75) is 19.8 Å². The van der Waals surface area contributed by atoms with Crippen molar-refractivity contribution in [2.75, 3.05) is 0 Å². The highest BCUT2D eigenvalue weighted by Gasteiger charge is 1.92. The molecule has 0 unspecified atom stereocenters. The van der Waals surface area contributed by atoms with Crippen LogP contribution in [0.25, 0.3) is 0 Å². The highest BCUT2D eigenvalue weighted by Crippen LogP contribution is 1.82. The first-order chi connectivity index (χ1) is 5.90. The fourth-order valence-electron chi connectivity index (χ4n) is 0.335. The summed E-state index contributed by atoms with van der Waals surface area (Å²) in [6.07, 6.45) is 1.02. The van der Waals surface area contributed by atoms with E-state index in [1.165, 1.54) is 0 Å². The molecule has 0 aromatic carbocycles. The summed E-state index contributed by atoms with van der Waals surface area (Å²) in [6, 6.07) is -1.88. The van der Waals surface area contributed by atoms with Gasteiger partial charge in [0.1, 0.15) is 0 Å². The number of carbonyl (C=O) groups excluding carboxylic acids is 2. The Bertz CT molecular complexity index is 180. The van der Waals surface area contributed by atoms with Crippen molar-refractivity contribution < 1.29 is 19.5 Å². The topological polar surface area (TPSA) is 136 Å². The van der Waals surface area contributed by atoms with E-state index in [1.54, 1.807) is 5.32 Å². The van der Waals surface area contributed by atoms with Gasteiger partial charge in [-0.1, -0.05) is 6.92 Å². The maximum atomic E-state index is 9.62. The molecule has 0 bridgehead atoms. The molecule has 0 aliphatic carbocycles. The molecule has 0 atom stereocenters. The maximum Gasteiger partial charge on any atom is 0.320 e. The highest BCUT2D eigenvalue weighted by molar-refractivity contribution is 5.91. The van der Waals surface area contributed by atoms with Gasteiger partial charge in [0, 0.05) is 6.42 Å². The lowest BCUT2D eigenvalue weighted by atomic mass is 10.4. The Kier molecular flexibility index (Phi) is 8.80. The normalized spacial score (nSPS) is 7.77. The molecule has 0 radical (unpaired) electrons. The van der Waals surface area contributed by atoms with Crippen molar-refractivity contribution in [1.29, 1.82) is 0 Å². The number of rotatable bonds is 2. The number of imide groups is 1. The van der Waals surface area contributed by atoms with E-state index < -0.39 is 18.0 Å². The second-order valence-corrected chi connectivity index (χ2v) is 2.00. The van der Waals surface area contributed by atoms with Gasteiger partial charge in [-0.3, -0.25) is 10.1 Å². The fraction of sp³-hybridized carbons (Fsp3) is 0.500. The number of carboxylic acids is 1. The van der Waals surface area contributed by atoms with Crippen LogP contribution in [-0.2, 0) is 4.79 Å². The molecule has 0 aromatic heterocycles. The summed E-state index contributed by atoms with van der Waals surface area (Å²) in [5.74, 6) is -0.711. The van der Waals surface area contributed by atoms with Gasteiger partial charge in [-0.25, -0.2) is 9.59 Å². The summed E-state index contributed by atoms with van der Waals surface area (Å²) in [4.78, 5) is 28.8. The van der Waals surface area contributed by atoms with Crippen molar-refractivity contribution in [3.05, 3.63) is 0 Å². The number of hydrogen-bond donors (Lipinski definition) is 4. The molecule has 0 spiro atoms. The monoisotopic (exact) mass is 191 g/mol. The van der Waals surface area contributed by atoms with Crippen LogP contribution < -0.4 is 16.8 Å².